The molecule has 0 spiro atoms. The van der Waals surface area contributed by atoms with Crippen molar-refractivity contribution in [3.8, 4) is 0 Å². The fourth-order valence-electron chi connectivity index (χ4n) is 1.88. The Morgan fingerprint density at radius 1 is 1.30 bits per heavy atom. The number of halogens is 1. The Labute approximate surface area is 127 Å². The van der Waals surface area contributed by atoms with Gasteiger partial charge in [0.05, 0.1) is 0 Å². The third-order valence-electron chi connectivity index (χ3n) is 2.77. The van der Waals surface area contributed by atoms with Crippen LogP contribution in [0.5, 0.6) is 0 Å². The van der Waals surface area contributed by atoms with Crippen LogP contribution in [-0.4, -0.2) is 23.5 Å². The second kappa shape index (κ2) is 6.74. The molecular weight excluding hydrogens is 322 g/mol. The molecule has 0 bridgehead atoms. The van der Waals surface area contributed by atoms with Crippen molar-refractivity contribution in [1.82, 2.24) is 10.6 Å². The highest BCUT2D eigenvalue weighted by Gasteiger charge is 2.24. The zero-order valence-electron chi connectivity index (χ0n) is 11.9. The molecule has 0 radical (unpaired) electrons. The van der Waals surface area contributed by atoms with E-state index >= 15 is 0 Å². The number of primary amides is 1. The molecule has 5 nitrogen and oxygen atoms in total. The van der Waals surface area contributed by atoms with Gasteiger partial charge in [0.2, 0.25) is 5.91 Å². The van der Waals surface area contributed by atoms with Gasteiger partial charge in [-0.2, -0.15) is 0 Å². The second-order valence-electron chi connectivity index (χ2n) is 5.41. The van der Waals surface area contributed by atoms with E-state index in [1.165, 1.54) is 0 Å². The Hall–Kier alpha value is -1.56. The monoisotopic (exact) mass is 341 g/mol. The summed E-state index contributed by atoms with van der Waals surface area (Å²) in [6.07, 6.45) is 0.690. The van der Waals surface area contributed by atoms with Crippen molar-refractivity contribution < 1.29 is 9.59 Å². The highest BCUT2D eigenvalue weighted by atomic mass is 79.9. The van der Waals surface area contributed by atoms with Gasteiger partial charge in [0.25, 0.3) is 0 Å². The van der Waals surface area contributed by atoms with Crippen LogP contribution in [0.2, 0.25) is 0 Å². The third-order valence-corrected chi connectivity index (χ3v) is 3.30. The Morgan fingerprint density at radius 3 is 2.35 bits per heavy atom. The van der Waals surface area contributed by atoms with Crippen LogP contribution in [-0.2, 0) is 11.2 Å². The summed E-state index contributed by atoms with van der Waals surface area (Å²) < 4.78 is 1.02. The molecule has 110 valence electrons. The second-order valence-corrected chi connectivity index (χ2v) is 6.32. The van der Waals surface area contributed by atoms with Crippen LogP contribution in [0.1, 0.15) is 26.3 Å². The lowest BCUT2D eigenvalue weighted by molar-refractivity contribution is -0.124. The van der Waals surface area contributed by atoms with E-state index in [4.69, 9.17) is 5.73 Å². The van der Waals surface area contributed by atoms with Crippen molar-refractivity contribution in [3.63, 3.8) is 0 Å². The van der Waals surface area contributed by atoms with Crippen LogP contribution < -0.4 is 16.4 Å². The van der Waals surface area contributed by atoms with Gasteiger partial charge in [0, 0.05) is 10.0 Å². The van der Waals surface area contributed by atoms with Crippen molar-refractivity contribution in [2.45, 2.75) is 38.8 Å². The smallest absolute Gasteiger partial charge is 0.312 e. The van der Waals surface area contributed by atoms with Crippen molar-refractivity contribution in [2.75, 3.05) is 0 Å². The largest absolute Gasteiger partial charge is 0.352 e. The van der Waals surface area contributed by atoms with Gasteiger partial charge in [-0.1, -0.05) is 28.1 Å². The lowest BCUT2D eigenvalue weighted by Crippen LogP contribution is -2.53. The van der Waals surface area contributed by atoms with Crippen LogP contribution in [0.3, 0.4) is 0 Å². The number of nitrogens with one attached hydrogen (secondary N) is 2. The molecule has 0 unspecified atom stereocenters. The van der Waals surface area contributed by atoms with Gasteiger partial charge in [0.15, 0.2) is 0 Å². The van der Waals surface area contributed by atoms with Crippen molar-refractivity contribution >= 4 is 27.9 Å². The molecular formula is C14H20BrN3O2. The summed E-state index contributed by atoms with van der Waals surface area (Å²) in [5, 5.41) is 5.26. The number of urea groups is 1. The van der Waals surface area contributed by atoms with Crippen molar-refractivity contribution in [3.05, 3.63) is 34.3 Å². The lowest BCUT2D eigenvalue weighted by atomic mass is 9.94. The minimum atomic E-state index is -0.710. The zero-order valence-corrected chi connectivity index (χ0v) is 13.5. The minimum absolute atomic E-state index is 0.258. The van der Waals surface area contributed by atoms with E-state index < -0.39 is 17.6 Å². The lowest BCUT2D eigenvalue weighted by Gasteiger charge is -2.28. The number of nitrogens with two attached hydrogens (primary N) is 1. The molecule has 0 saturated carbocycles. The maximum absolute atomic E-state index is 11.9. The summed E-state index contributed by atoms with van der Waals surface area (Å²) in [5.74, 6) is -0.258. The number of amides is 3. The van der Waals surface area contributed by atoms with E-state index in [0.717, 1.165) is 10.0 Å². The molecule has 0 aliphatic heterocycles. The standard InChI is InChI=1S/C14H20BrN3O2/c1-9(17-13(16)20)12(19)18-14(2,3)8-10-4-6-11(15)7-5-10/h4-7,9H,8H2,1-3H3,(H,18,19)(H3,16,17,20)/t9-/m0/s1. The summed E-state index contributed by atoms with van der Waals surface area (Å²) in [5.41, 5.74) is 5.70. The third kappa shape index (κ3) is 5.61. The maximum atomic E-state index is 11.9. The first-order valence-electron chi connectivity index (χ1n) is 6.32. The maximum Gasteiger partial charge on any atom is 0.312 e. The zero-order chi connectivity index (χ0) is 15.3. The van der Waals surface area contributed by atoms with Gasteiger partial charge < -0.3 is 16.4 Å². The molecule has 1 atom stereocenters. The number of benzene rings is 1. The van der Waals surface area contributed by atoms with Gasteiger partial charge in [0.1, 0.15) is 6.04 Å². The summed E-state index contributed by atoms with van der Waals surface area (Å²) in [6, 6.07) is 6.57. The Morgan fingerprint density at radius 2 is 1.85 bits per heavy atom. The van der Waals surface area contributed by atoms with Crippen LogP contribution in [0.15, 0.2) is 28.7 Å². The van der Waals surface area contributed by atoms with Gasteiger partial charge in [-0.05, 0) is 44.9 Å². The fraction of sp³-hybridized carbons (Fsp3) is 0.429. The van der Waals surface area contributed by atoms with Crippen molar-refractivity contribution in [1.29, 1.82) is 0 Å². The molecule has 0 aliphatic carbocycles. The predicted octanol–water partition coefficient (Wildman–Crippen LogP) is 1.94. The minimum Gasteiger partial charge on any atom is -0.352 e. The summed E-state index contributed by atoms with van der Waals surface area (Å²) >= 11 is 3.39. The Bertz CT molecular complexity index is 486. The van der Waals surface area contributed by atoms with E-state index in [2.05, 4.69) is 26.6 Å². The topological polar surface area (TPSA) is 84.2 Å². The van der Waals surface area contributed by atoms with E-state index in [9.17, 15) is 9.59 Å². The molecule has 1 aromatic carbocycles. The van der Waals surface area contributed by atoms with Crippen LogP contribution in [0.4, 0.5) is 4.79 Å². The first-order chi connectivity index (χ1) is 9.19. The number of rotatable bonds is 5. The van der Waals surface area contributed by atoms with E-state index in [1.807, 2.05) is 38.1 Å². The Kier molecular flexibility index (Phi) is 5.56. The SMILES string of the molecule is C[C@H](NC(N)=O)C(=O)NC(C)(C)Cc1ccc(Br)cc1. The van der Waals surface area contributed by atoms with Gasteiger partial charge in [-0.3, -0.25) is 4.79 Å². The summed E-state index contributed by atoms with van der Waals surface area (Å²) in [7, 11) is 0. The molecule has 20 heavy (non-hydrogen) atoms. The highest BCUT2D eigenvalue weighted by Crippen LogP contribution is 2.16. The fourth-order valence-corrected chi connectivity index (χ4v) is 2.14. The average Bonchev–Trinajstić information content (AvgIpc) is 2.30. The van der Waals surface area contributed by atoms with Crippen molar-refractivity contribution in [2.24, 2.45) is 5.73 Å². The van der Waals surface area contributed by atoms with E-state index in [-0.39, 0.29) is 5.91 Å². The highest BCUT2D eigenvalue weighted by molar-refractivity contribution is 9.10. The number of carbonyl (C=O) groups is 2. The molecule has 1 rings (SSSR count). The first-order valence-corrected chi connectivity index (χ1v) is 7.11. The quantitative estimate of drug-likeness (QED) is 0.764. The normalized spacial score (nSPS) is 12.6. The van der Waals surface area contributed by atoms with Gasteiger partial charge in [-0.25, -0.2) is 4.79 Å². The molecule has 3 amide bonds. The Balaban J connectivity index is 2.62. The average molecular weight is 342 g/mol. The molecule has 0 aromatic heterocycles. The van der Waals surface area contributed by atoms with E-state index in [1.54, 1.807) is 6.92 Å². The van der Waals surface area contributed by atoms with Gasteiger partial charge >= 0.3 is 6.03 Å². The number of hydrogen-bond acceptors (Lipinski definition) is 2. The predicted molar refractivity (Wildman–Crippen MR) is 82.2 cm³/mol. The number of hydrogen-bond donors (Lipinski definition) is 3. The summed E-state index contributed by atoms with van der Waals surface area (Å²) in [6.45, 7) is 5.46. The first kappa shape index (κ1) is 16.5. The molecule has 4 N–H and O–H groups in total. The summed E-state index contributed by atoms with van der Waals surface area (Å²) in [4.78, 5) is 22.7. The molecule has 0 fully saturated rings. The van der Waals surface area contributed by atoms with Crippen LogP contribution in [0.25, 0.3) is 0 Å². The van der Waals surface area contributed by atoms with E-state index in [0.29, 0.717) is 6.42 Å². The molecule has 0 heterocycles. The number of carbonyl (C=O) groups excluding carboxylic acids is 2. The molecule has 1 aromatic rings. The van der Waals surface area contributed by atoms with Gasteiger partial charge in [-0.15, -0.1) is 0 Å². The molecule has 0 aliphatic rings. The van der Waals surface area contributed by atoms with Crippen LogP contribution >= 0.6 is 15.9 Å². The molecule has 6 heteroatoms. The molecule has 0 saturated heterocycles. The van der Waals surface area contributed by atoms with Crippen LogP contribution in [0, 0.1) is 0 Å².